The monoisotopic (exact) mass is 383 g/mol. The number of para-hydroxylation sites is 1. The lowest BCUT2D eigenvalue weighted by Gasteiger charge is -2.11. The maximum atomic E-state index is 12.7. The number of aryl methyl sites for hydroxylation is 2. The number of carbonyl (C=O) groups is 1. The van der Waals surface area contributed by atoms with Gasteiger partial charge in [0, 0.05) is 29.6 Å². The highest BCUT2D eigenvalue weighted by molar-refractivity contribution is 7.98. The zero-order chi connectivity index (χ0) is 19.2. The quantitative estimate of drug-likeness (QED) is 0.623. The van der Waals surface area contributed by atoms with Crippen molar-refractivity contribution in [1.82, 2.24) is 15.5 Å². The minimum Gasteiger partial charge on any atom is -0.496 e. The van der Waals surface area contributed by atoms with Gasteiger partial charge in [-0.3, -0.25) is 4.79 Å². The number of benzene rings is 1. The molecule has 0 unspecified atom stereocenters. The van der Waals surface area contributed by atoms with E-state index in [2.05, 4.69) is 15.5 Å². The van der Waals surface area contributed by atoms with Gasteiger partial charge >= 0.3 is 0 Å². The van der Waals surface area contributed by atoms with Gasteiger partial charge in [-0.2, -0.15) is 0 Å². The highest BCUT2D eigenvalue weighted by Gasteiger charge is 2.16. The molecule has 0 radical (unpaired) electrons. The van der Waals surface area contributed by atoms with E-state index in [-0.39, 0.29) is 5.91 Å². The Kier molecular flexibility index (Phi) is 6.13. The molecule has 1 aromatic carbocycles. The number of ether oxygens (including phenoxy) is 1. The van der Waals surface area contributed by atoms with Crippen LogP contribution in [0.1, 0.15) is 32.9 Å². The molecule has 1 amide bonds. The van der Waals surface area contributed by atoms with Gasteiger partial charge in [0.25, 0.3) is 5.91 Å². The van der Waals surface area contributed by atoms with Crippen LogP contribution in [0.15, 0.2) is 52.1 Å². The number of rotatable bonds is 7. The van der Waals surface area contributed by atoms with Crippen molar-refractivity contribution >= 4 is 17.7 Å². The van der Waals surface area contributed by atoms with Crippen LogP contribution in [0.3, 0.4) is 0 Å². The molecule has 0 aliphatic rings. The Labute approximate surface area is 162 Å². The van der Waals surface area contributed by atoms with Crippen molar-refractivity contribution < 1.29 is 14.1 Å². The largest absolute Gasteiger partial charge is 0.496 e. The van der Waals surface area contributed by atoms with E-state index >= 15 is 0 Å². The molecule has 0 spiro atoms. The van der Waals surface area contributed by atoms with Crippen LogP contribution in [0.2, 0.25) is 0 Å². The lowest BCUT2D eigenvalue weighted by Crippen LogP contribution is -2.24. The summed E-state index contributed by atoms with van der Waals surface area (Å²) in [5, 5.41) is 7.58. The first-order chi connectivity index (χ1) is 13.1. The molecule has 2 aromatic heterocycles. The van der Waals surface area contributed by atoms with Crippen molar-refractivity contribution in [3.05, 3.63) is 70.7 Å². The summed E-state index contributed by atoms with van der Waals surface area (Å²) in [7, 11) is 1.62. The minimum atomic E-state index is -0.171. The zero-order valence-electron chi connectivity index (χ0n) is 15.5. The van der Waals surface area contributed by atoms with Crippen molar-refractivity contribution in [1.29, 1.82) is 0 Å². The van der Waals surface area contributed by atoms with Crippen molar-refractivity contribution in [3.8, 4) is 5.75 Å². The van der Waals surface area contributed by atoms with Gasteiger partial charge in [0.15, 0.2) is 0 Å². The first-order valence-electron chi connectivity index (χ1n) is 8.49. The van der Waals surface area contributed by atoms with E-state index in [4.69, 9.17) is 9.26 Å². The van der Waals surface area contributed by atoms with Crippen LogP contribution in [0.5, 0.6) is 5.75 Å². The SMILES string of the molecule is COc1ccccc1CNC(=O)c1cccnc1SCc1c(C)noc1C. The lowest BCUT2D eigenvalue weighted by atomic mass is 10.2. The Morgan fingerprint density at radius 3 is 2.78 bits per heavy atom. The van der Waals surface area contributed by atoms with Crippen LogP contribution in [0.4, 0.5) is 0 Å². The molecule has 0 saturated heterocycles. The van der Waals surface area contributed by atoms with Crippen molar-refractivity contribution in [2.45, 2.75) is 31.2 Å². The molecule has 0 fully saturated rings. The van der Waals surface area contributed by atoms with Crippen molar-refractivity contribution in [2.24, 2.45) is 0 Å². The maximum Gasteiger partial charge on any atom is 0.254 e. The number of aromatic nitrogens is 2. The Balaban J connectivity index is 1.70. The van der Waals surface area contributed by atoms with Gasteiger partial charge in [-0.15, -0.1) is 11.8 Å². The van der Waals surface area contributed by atoms with E-state index in [1.807, 2.05) is 38.1 Å². The highest BCUT2D eigenvalue weighted by atomic mass is 32.2. The number of methoxy groups -OCH3 is 1. The summed E-state index contributed by atoms with van der Waals surface area (Å²) in [5.41, 5.74) is 3.36. The molecule has 6 nitrogen and oxygen atoms in total. The third-order valence-electron chi connectivity index (χ3n) is 4.18. The third-order valence-corrected chi connectivity index (χ3v) is 5.21. The summed E-state index contributed by atoms with van der Waals surface area (Å²) < 4.78 is 10.5. The van der Waals surface area contributed by atoms with E-state index in [0.29, 0.717) is 22.9 Å². The number of hydrogen-bond donors (Lipinski definition) is 1. The van der Waals surface area contributed by atoms with Crippen molar-refractivity contribution in [3.63, 3.8) is 0 Å². The molecule has 140 valence electrons. The first kappa shape index (κ1) is 19.0. The molecule has 3 aromatic rings. The zero-order valence-corrected chi connectivity index (χ0v) is 16.3. The lowest BCUT2D eigenvalue weighted by molar-refractivity contribution is 0.0947. The maximum absolute atomic E-state index is 12.7. The van der Waals surface area contributed by atoms with Gasteiger partial charge in [0.1, 0.15) is 16.5 Å². The highest BCUT2D eigenvalue weighted by Crippen LogP contribution is 2.27. The number of amides is 1. The Hall–Kier alpha value is -2.80. The fraction of sp³-hybridized carbons (Fsp3) is 0.250. The van der Waals surface area contributed by atoms with Crippen LogP contribution in [0, 0.1) is 13.8 Å². The molecule has 0 bridgehead atoms. The first-order valence-corrected chi connectivity index (χ1v) is 9.48. The van der Waals surface area contributed by atoms with Crippen LogP contribution < -0.4 is 10.1 Å². The standard InChI is InChI=1S/C20H21N3O3S/c1-13-17(14(2)26-23-13)12-27-20-16(8-6-10-21-20)19(24)22-11-15-7-4-5-9-18(15)25-3/h4-10H,11-12H2,1-3H3,(H,22,24). The Bertz CT molecular complexity index is 920. The number of pyridine rings is 1. The molecule has 7 heteroatoms. The van der Waals surface area contributed by atoms with Crippen LogP contribution in [-0.4, -0.2) is 23.2 Å². The summed E-state index contributed by atoms with van der Waals surface area (Å²) in [6, 6.07) is 11.2. The second-order valence-electron chi connectivity index (χ2n) is 5.94. The second-order valence-corrected chi connectivity index (χ2v) is 6.91. The predicted molar refractivity (Wildman–Crippen MR) is 104 cm³/mol. The molecule has 0 saturated carbocycles. The fourth-order valence-electron chi connectivity index (χ4n) is 2.65. The van der Waals surface area contributed by atoms with Gasteiger partial charge in [0.2, 0.25) is 0 Å². The number of nitrogens with one attached hydrogen (secondary N) is 1. The summed E-state index contributed by atoms with van der Waals surface area (Å²) in [4.78, 5) is 17.1. The van der Waals surface area contributed by atoms with Gasteiger partial charge in [-0.1, -0.05) is 23.4 Å². The van der Waals surface area contributed by atoms with Crippen LogP contribution in [-0.2, 0) is 12.3 Å². The molecule has 0 aliphatic heterocycles. The van der Waals surface area contributed by atoms with E-state index in [1.54, 1.807) is 25.4 Å². The fourth-order valence-corrected chi connectivity index (χ4v) is 3.79. The molecule has 3 rings (SSSR count). The van der Waals surface area contributed by atoms with E-state index < -0.39 is 0 Å². The third kappa shape index (κ3) is 4.49. The summed E-state index contributed by atoms with van der Waals surface area (Å²) in [6.07, 6.45) is 1.69. The molecular weight excluding hydrogens is 362 g/mol. The normalized spacial score (nSPS) is 10.6. The summed E-state index contributed by atoms with van der Waals surface area (Å²) in [6.45, 7) is 4.17. The predicted octanol–water partition coefficient (Wildman–Crippen LogP) is 3.92. The molecule has 1 N–H and O–H groups in total. The number of hydrogen-bond acceptors (Lipinski definition) is 6. The molecule has 0 aliphatic carbocycles. The molecular formula is C20H21N3O3S. The van der Waals surface area contributed by atoms with Crippen LogP contribution in [0.25, 0.3) is 0 Å². The number of carbonyl (C=O) groups excluding carboxylic acids is 1. The number of nitrogens with zero attached hydrogens (tertiary/aromatic N) is 2. The van der Waals surface area contributed by atoms with E-state index in [9.17, 15) is 4.79 Å². The smallest absolute Gasteiger partial charge is 0.254 e. The van der Waals surface area contributed by atoms with E-state index in [0.717, 1.165) is 28.3 Å². The van der Waals surface area contributed by atoms with Gasteiger partial charge in [0.05, 0.1) is 18.4 Å². The molecule has 0 atom stereocenters. The van der Waals surface area contributed by atoms with Gasteiger partial charge < -0.3 is 14.6 Å². The average Bonchev–Trinajstić information content (AvgIpc) is 3.02. The number of thioether (sulfide) groups is 1. The van der Waals surface area contributed by atoms with Crippen LogP contribution >= 0.6 is 11.8 Å². The summed E-state index contributed by atoms with van der Waals surface area (Å²) in [5.74, 6) is 2.01. The average molecular weight is 383 g/mol. The molecule has 27 heavy (non-hydrogen) atoms. The minimum absolute atomic E-state index is 0.171. The van der Waals surface area contributed by atoms with Gasteiger partial charge in [-0.25, -0.2) is 4.98 Å². The molecule has 2 heterocycles. The Morgan fingerprint density at radius 2 is 2.04 bits per heavy atom. The van der Waals surface area contributed by atoms with Crippen molar-refractivity contribution in [2.75, 3.05) is 7.11 Å². The topological polar surface area (TPSA) is 77.2 Å². The Morgan fingerprint density at radius 1 is 1.22 bits per heavy atom. The van der Waals surface area contributed by atoms with Gasteiger partial charge in [-0.05, 0) is 32.0 Å². The van der Waals surface area contributed by atoms with E-state index in [1.165, 1.54) is 11.8 Å². The summed E-state index contributed by atoms with van der Waals surface area (Å²) >= 11 is 1.49. The second kappa shape index (κ2) is 8.73.